The smallest absolute Gasteiger partial charge is 0.373 e. The average Bonchev–Trinajstić information content (AvgIpc) is 3.31. The number of rotatable bonds is 5. The predicted octanol–water partition coefficient (Wildman–Crippen LogP) is 6.86. The Morgan fingerprint density at radius 1 is 1.00 bits per heavy atom. The Hall–Kier alpha value is -2.62. The lowest BCUT2D eigenvalue weighted by atomic mass is 9.69. The maximum atomic E-state index is 13.6. The number of ether oxygens (including phenoxy) is 1. The molecule has 2 fully saturated rings. The molecule has 1 aliphatic heterocycles. The van der Waals surface area contributed by atoms with Gasteiger partial charge in [0.15, 0.2) is 0 Å². The van der Waals surface area contributed by atoms with E-state index in [-0.39, 0.29) is 35.4 Å². The van der Waals surface area contributed by atoms with Crippen LogP contribution < -0.4 is 5.32 Å². The third kappa shape index (κ3) is 5.23. The van der Waals surface area contributed by atoms with Crippen LogP contribution in [0.15, 0.2) is 42.5 Å². The van der Waals surface area contributed by atoms with Crippen LogP contribution in [-0.4, -0.2) is 18.1 Å². The summed E-state index contributed by atoms with van der Waals surface area (Å²) in [5.41, 5.74) is -2.81. The fourth-order valence-corrected chi connectivity index (χ4v) is 5.61. The van der Waals surface area contributed by atoms with Gasteiger partial charge >= 0.3 is 12.4 Å². The largest absolute Gasteiger partial charge is 0.416 e. The number of halogens is 7. The molecule has 2 aliphatic rings. The molecule has 36 heavy (non-hydrogen) atoms. The molecule has 3 nitrogen and oxygen atoms in total. The van der Waals surface area contributed by atoms with E-state index in [9.17, 15) is 35.5 Å². The zero-order chi connectivity index (χ0) is 26.5. The van der Waals surface area contributed by atoms with E-state index in [1.54, 1.807) is 12.1 Å². The second-order valence-corrected chi connectivity index (χ2v) is 10.0. The van der Waals surface area contributed by atoms with Gasteiger partial charge in [-0.25, -0.2) is 4.39 Å². The number of hydrogen-bond donors (Lipinski definition) is 1. The van der Waals surface area contributed by atoms with Crippen molar-refractivity contribution in [2.24, 2.45) is 11.3 Å². The molecule has 2 aromatic carbocycles. The normalized spacial score (nSPS) is 29.0. The highest BCUT2D eigenvalue weighted by atomic mass is 19.4. The number of carbonyl (C=O) groups is 1. The fourth-order valence-electron chi connectivity index (χ4n) is 5.61. The van der Waals surface area contributed by atoms with Gasteiger partial charge in [-0.2, -0.15) is 26.3 Å². The van der Waals surface area contributed by atoms with E-state index in [1.807, 2.05) is 13.8 Å². The summed E-state index contributed by atoms with van der Waals surface area (Å²) in [7, 11) is 0. The Morgan fingerprint density at radius 2 is 1.58 bits per heavy atom. The van der Waals surface area contributed by atoms with Gasteiger partial charge in [-0.3, -0.25) is 4.79 Å². The molecule has 1 N–H and O–H groups in total. The summed E-state index contributed by atoms with van der Waals surface area (Å²) in [4.78, 5) is 12.2. The van der Waals surface area contributed by atoms with Crippen molar-refractivity contribution < 1.29 is 40.3 Å². The zero-order valence-corrected chi connectivity index (χ0v) is 19.6. The van der Waals surface area contributed by atoms with E-state index in [4.69, 9.17) is 4.74 Å². The minimum absolute atomic E-state index is 0.0768. The van der Waals surface area contributed by atoms with Crippen molar-refractivity contribution in [2.75, 3.05) is 0 Å². The van der Waals surface area contributed by atoms with Crippen LogP contribution in [-0.2, 0) is 28.5 Å². The van der Waals surface area contributed by atoms with E-state index in [1.165, 1.54) is 12.1 Å². The number of hydrogen-bond acceptors (Lipinski definition) is 2. The first-order valence-corrected chi connectivity index (χ1v) is 11.6. The molecule has 1 heterocycles. The van der Waals surface area contributed by atoms with E-state index < -0.39 is 47.4 Å². The highest BCUT2D eigenvalue weighted by Crippen LogP contribution is 2.54. The Morgan fingerprint density at radius 3 is 2.08 bits per heavy atom. The van der Waals surface area contributed by atoms with E-state index in [2.05, 4.69) is 5.32 Å². The molecule has 0 radical (unpaired) electrons. The summed E-state index contributed by atoms with van der Waals surface area (Å²) in [6.45, 7) is 3.35. The molecule has 2 unspecified atom stereocenters. The van der Waals surface area contributed by atoms with Crippen LogP contribution in [0.5, 0.6) is 0 Å². The lowest BCUT2D eigenvalue weighted by molar-refractivity contribution is -0.143. The van der Waals surface area contributed by atoms with Crippen molar-refractivity contribution in [1.29, 1.82) is 0 Å². The van der Waals surface area contributed by atoms with Gasteiger partial charge in [-0.1, -0.05) is 26.0 Å². The predicted molar refractivity (Wildman–Crippen MR) is 117 cm³/mol. The first kappa shape index (κ1) is 26.4. The minimum atomic E-state index is -4.95. The van der Waals surface area contributed by atoms with Crippen LogP contribution in [0.2, 0.25) is 0 Å². The SMILES string of the molecule is C[C@@H]1CC([C@]2(C)CC[C@H](OCc3cc(C(F)(F)F)cc(C(F)(F)F)c3)C2c2ccc(F)cc2)NC1=O. The summed E-state index contributed by atoms with van der Waals surface area (Å²) >= 11 is 0. The lowest BCUT2D eigenvalue weighted by Crippen LogP contribution is -2.44. The Labute approximate surface area is 204 Å². The second kappa shape index (κ2) is 9.36. The summed E-state index contributed by atoms with van der Waals surface area (Å²) < 4.78 is 99.2. The van der Waals surface area contributed by atoms with E-state index in [0.717, 1.165) is 5.56 Å². The third-order valence-corrected chi connectivity index (χ3v) is 7.54. The molecule has 1 amide bonds. The van der Waals surface area contributed by atoms with Crippen molar-refractivity contribution in [1.82, 2.24) is 5.32 Å². The molecule has 1 saturated heterocycles. The van der Waals surface area contributed by atoms with Gasteiger partial charge in [0, 0.05) is 17.9 Å². The van der Waals surface area contributed by atoms with Gasteiger partial charge in [0.25, 0.3) is 0 Å². The molecule has 196 valence electrons. The number of nitrogens with one attached hydrogen (secondary N) is 1. The molecule has 0 bridgehead atoms. The topological polar surface area (TPSA) is 38.3 Å². The van der Waals surface area contributed by atoms with Crippen molar-refractivity contribution in [3.8, 4) is 0 Å². The molecule has 0 spiro atoms. The summed E-state index contributed by atoms with van der Waals surface area (Å²) in [5.74, 6) is -1.07. The molecule has 4 rings (SSSR count). The Balaban J connectivity index is 1.64. The minimum Gasteiger partial charge on any atom is -0.373 e. The molecule has 5 atom stereocenters. The van der Waals surface area contributed by atoms with Gasteiger partial charge in [0.05, 0.1) is 23.8 Å². The maximum Gasteiger partial charge on any atom is 0.416 e. The average molecular weight is 517 g/mol. The molecule has 10 heteroatoms. The number of amides is 1. The highest BCUT2D eigenvalue weighted by Gasteiger charge is 2.53. The first-order chi connectivity index (χ1) is 16.7. The summed E-state index contributed by atoms with van der Waals surface area (Å²) in [5, 5.41) is 3.02. The summed E-state index contributed by atoms with van der Waals surface area (Å²) in [6, 6.07) is 7.01. The van der Waals surface area contributed by atoms with Crippen LogP contribution >= 0.6 is 0 Å². The van der Waals surface area contributed by atoms with Gasteiger partial charge in [-0.05, 0) is 66.1 Å². The summed E-state index contributed by atoms with van der Waals surface area (Å²) in [6.07, 6.45) is -8.79. The molecule has 1 aliphatic carbocycles. The molecule has 0 aromatic heterocycles. The lowest BCUT2D eigenvalue weighted by Gasteiger charge is -2.39. The first-order valence-electron chi connectivity index (χ1n) is 11.6. The van der Waals surface area contributed by atoms with Gasteiger partial charge in [-0.15, -0.1) is 0 Å². The molecule has 2 aromatic rings. The maximum absolute atomic E-state index is 13.6. The van der Waals surface area contributed by atoms with Gasteiger partial charge < -0.3 is 10.1 Å². The van der Waals surface area contributed by atoms with Crippen LogP contribution in [0.3, 0.4) is 0 Å². The van der Waals surface area contributed by atoms with Gasteiger partial charge in [0.1, 0.15) is 5.82 Å². The monoisotopic (exact) mass is 517 g/mol. The van der Waals surface area contributed by atoms with Crippen LogP contribution in [0.4, 0.5) is 30.7 Å². The third-order valence-electron chi connectivity index (χ3n) is 7.54. The number of benzene rings is 2. The van der Waals surface area contributed by atoms with Crippen LogP contribution in [0.25, 0.3) is 0 Å². The van der Waals surface area contributed by atoms with E-state index >= 15 is 0 Å². The Bertz CT molecular complexity index is 1080. The second-order valence-electron chi connectivity index (χ2n) is 10.0. The fraction of sp³-hybridized carbons (Fsp3) is 0.500. The van der Waals surface area contributed by atoms with Gasteiger partial charge in [0.2, 0.25) is 5.91 Å². The number of alkyl halides is 6. The van der Waals surface area contributed by atoms with Crippen molar-refractivity contribution in [3.05, 3.63) is 70.5 Å². The molecular formula is C26H26F7NO2. The molecule has 1 saturated carbocycles. The Kier molecular flexibility index (Phi) is 6.87. The van der Waals surface area contributed by atoms with E-state index in [0.29, 0.717) is 31.4 Å². The quantitative estimate of drug-likeness (QED) is 0.441. The van der Waals surface area contributed by atoms with Crippen LogP contribution in [0.1, 0.15) is 61.3 Å². The molecular weight excluding hydrogens is 491 g/mol. The zero-order valence-electron chi connectivity index (χ0n) is 19.6. The number of carbonyl (C=O) groups excluding carboxylic acids is 1. The van der Waals surface area contributed by atoms with Crippen molar-refractivity contribution in [3.63, 3.8) is 0 Å². The standard InChI is InChI=1S/C26H26F7NO2/c1-14-9-21(34-23(14)35)24(2)8-7-20(22(24)16-3-5-19(27)6-4-16)36-13-15-10-17(25(28,29)30)12-18(11-15)26(31,32)33/h3-6,10-12,14,20-22H,7-9,13H2,1-2H3,(H,34,35)/t14-,20+,21?,22?,24+/m1/s1. The highest BCUT2D eigenvalue weighted by molar-refractivity contribution is 5.81. The van der Waals surface area contributed by atoms with Crippen molar-refractivity contribution in [2.45, 2.75) is 70.1 Å². The van der Waals surface area contributed by atoms with Crippen molar-refractivity contribution >= 4 is 5.91 Å². The van der Waals surface area contributed by atoms with Crippen LogP contribution in [0, 0.1) is 17.2 Å².